The fourth-order valence-corrected chi connectivity index (χ4v) is 1.17. The Bertz CT molecular complexity index is 212. The van der Waals surface area contributed by atoms with Gasteiger partial charge in [0.15, 0.2) is 0 Å². The van der Waals surface area contributed by atoms with E-state index in [1.54, 1.807) is 6.92 Å². The van der Waals surface area contributed by atoms with E-state index < -0.39 is 5.41 Å². The third kappa shape index (κ3) is 1.80. The first kappa shape index (κ1) is 8.26. The molecule has 0 radical (unpaired) electrons. The van der Waals surface area contributed by atoms with Crippen molar-refractivity contribution >= 4 is 5.78 Å². The lowest BCUT2D eigenvalue weighted by Crippen LogP contribution is -2.23. The van der Waals surface area contributed by atoms with E-state index in [-0.39, 0.29) is 5.78 Å². The lowest BCUT2D eigenvalue weighted by atomic mass is 9.83. The number of hydrogen-bond acceptors (Lipinski definition) is 2. The maximum Gasteiger partial charge on any atom is 0.149 e. The van der Waals surface area contributed by atoms with Crippen molar-refractivity contribution in [2.45, 2.75) is 33.1 Å². The second-order valence-corrected chi connectivity index (χ2v) is 3.65. The van der Waals surface area contributed by atoms with Gasteiger partial charge in [0.2, 0.25) is 0 Å². The topological polar surface area (TPSA) is 40.9 Å². The van der Waals surface area contributed by atoms with E-state index in [0.29, 0.717) is 5.92 Å². The molecule has 2 nitrogen and oxygen atoms in total. The van der Waals surface area contributed by atoms with Crippen LogP contribution in [-0.4, -0.2) is 5.78 Å². The monoisotopic (exact) mass is 151 g/mol. The molecule has 2 heteroatoms. The standard InChI is InChI=1S/C9H13NO/c1-7(11)9(2,6-10)5-8-3-4-8/h8H,3-5H2,1-2H3. The molecule has 0 saturated heterocycles. The molecule has 1 rings (SSSR count). The first-order chi connectivity index (χ1) is 5.08. The van der Waals surface area contributed by atoms with Gasteiger partial charge >= 0.3 is 0 Å². The van der Waals surface area contributed by atoms with Gasteiger partial charge in [-0.2, -0.15) is 5.26 Å². The van der Waals surface area contributed by atoms with Crippen molar-refractivity contribution in [3.8, 4) is 6.07 Å². The van der Waals surface area contributed by atoms with Crippen LogP contribution in [0.3, 0.4) is 0 Å². The molecule has 1 aliphatic carbocycles. The minimum absolute atomic E-state index is 0.00639. The molecular formula is C9H13NO. The van der Waals surface area contributed by atoms with Crippen LogP contribution in [0.1, 0.15) is 33.1 Å². The third-order valence-electron chi connectivity index (χ3n) is 2.42. The van der Waals surface area contributed by atoms with E-state index in [2.05, 4.69) is 6.07 Å². The van der Waals surface area contributed by atoms with Crippen molar-refractivity contribution in [3.05, 3.63) is 0 Å². The highest BCUT2D eigenvalue weighted by Crippen LogP contribution is 2.40. The Kier molecular flexibility index (Phi) is 1.99. The summed E-state index contributed by atoms with van der Waals surface area (Å²) in [4.78, 5) is 11.0. The SMILES string of the molecule is CC(=O)C(C)(C#N)CC1CC1. The van der Waals surface area contributed by atoms with Gasteiger partial charge in [-0.3, -0.25) is 4.79 Å². The van der Waals surface area contributed by atoms with Gasteiger partial charge in [0, 0.05) is 0 Å². The fraction of sp³-hybridized carbons (Fsp3) is 0.778. The summed E-state index contributed by atoms with van der Waals surface area (Å²) in [5, 5.41) is 8.76. The predicted molar refractivity (Wildman–Crippen MR) is 41.7 cm³/mol. The minimum atomic E-state index is -0.707. The molecule has 1 saturated carbocycles. The molecule has 1 aliphatic rings. The molecule has 0 amide bonds. The van der Waals surface area contributed by atoms with Crippen molar-refractivity contribution in [2.75, 3.05) is 0 Å². The molecule has 60 valence electrons. The van der Waals surface area contributed by atoms with E-state index in [1.807, 2.05) is 0 Å². The normalized spacial score (nSPS) is 21.9. The zero-order chi connectivity index (χ0) is 8.48. The highest BCUT2D eigenvalue weighted by Gasteiger charge is 2.36. The summed E-state index contributed by atoms with van der Waals surface area (Å²) < 4.78 is 0. The highest BCUT2D eigenvalue weighted by molar-refractivity contribution is 5.84. The maximum absolute atomic E-state index is 11.0. The molecule has 1 fully saturated rings. The van der Waals surface area contributed by atoms with E-state index in [9.17, 15) is 4.79 Å². The Morgan fingerprint density at radius 3 is 2.55 bits per heavy atom. The van der Waals surface area contributed by atoms with Gasteiger partial charge in [0.1, 0.15) is 11.2 Å². The smallest absolute Gasteiger partial charge is 0.149 e. The fourth-order valence-electron chi connectivity index (χ4n) is 1.17. The number of rotatable bonds is 3. The van der Waals surface area contributed by atoms with Crippen LogP contribution in [0.5, 0.6) is 0 Å². The van der Waals surface area contributed by atoms with Crippen LogP contribution in [0.2, 0.25) is 0 Å². The molecule has 0 aliphatic heterocycles. The van der Waals surface area contributed by atoms with E-state index in [4.69, 9.17) is 5.26 Å². The van der Waals surface area contributed by atoms with Gasteiger partial charge in [0.05, 0.1) is 6.07 Å². The van der Waals surface area contributed by atoms with Gasteiger partial charge < -0.3 is 0 Å². The second-order valence-electron chi connectivity index (χ2n) is 3.65. The molecule has 0 aromatic heterocycles. The van der Waals surface area contributed by atoms with Gasteiger partial charge in [0.25, 0.3) is 0 Å². The Hall–Kier alpha value is -0.840. The van der Waals surface area contributed by atoms with Crippen LogP contribution >= 0.6 is 0 Å². The van der Waals surface area contributed by atoms with Crippen LogP contribution in [-0.2, 0) is 4.79 Å². The minimum Gasteiger partial charge on any atom is -0.298 e. The lowest BCUT2D eigenvalue weighted by Gasteiger charge is -2.16. The van der Waals surface area contributed by atoms with Crippen molar-refractivity contribution in [1.82, 2.24) is 0 Å². The summed E-state index contributed by atoms with van der Waals surface area (Å²) in [6.07, 6.45) is 3.16. The Labute approximate surface area is 67.2 Å². The molecule has 0 heterocycles. The first-order valence-electron chi connectivity index (χ1n) is 4.01. The molecule has 0 bridgehead atoms. The van der Waals surface area contributed by atoms with Crippen LogP contribution < -0.4 is 0 Å². The number of nitrogens with zero attached hydrogens (tertiary/aromatic N) is 1. The van der Waals surface area contributed by atoms with Gasteiger partial charge in [-0.05, 0) is 26.2 Å². The summed E-state index contributed by atoms with van der Waals surface area (Å²) in [5.41, 5.74) is -0.707. The largest absolute Gasteiger partial charge is 0.298 e. The number of carbonyl (C=O) groups is 1. The predicted octanol–water partition coefficient (Wildman–Crippen LogP) is 1.91. The van der Waals surface area contributed by atoms with E-state index in [1.165, 1.54) is 19.8 Å². The number of carbonyl (C=O) groups excluding carboxylic acids is 1. The molecule has 1 atom stereocenters. The quantitative estimate of drug-likeness (QED) is 0.618. The zero-order valence-electron chi connectivity index (χ0n) is 7.05. The first-order valence-corrected chi connectivity index (χ1v) is 4.01. The molecule has 1 unspecified atom stereocenters. The number of Topliss-reactive ketones (excluding diaryl/α,β-unsaturated/α-hetero) is 1. The van der Waals surface area contributed by atoms with E-state index in [0.717, 1.165) is 6.42 Å². The summed E-state index contributed by atoms with van der Waals surface area (Å²) in [6, 6.07) is 2.10. The average molecular weight is 151 g/mol. The number of ketones is 1. The lowest BCUT2D eigenvalue weighted by molar-refractivity contribution is -0.123. The van der Waals surface area contributed by atoms with Crippen molar-refractivity contribution < 1.29 is 4.79 Å². The van der Waals surface area contributed by atoms with Crippen molar-refractivity contribution in [3.63, 3.8) is 0 Å². The summed E-state index contributed by atoms with van der Waals surface area (Å²) in [7, 11) is 0. The zero-order valence-corrected chi connectivity index (χ0v) is 7.05. The van der Waals surface area contributed by atoms with Crippen molar-refractivity contribution in [2.24, 2.45) is 11.3 Å². The Morgan fingerprint density at radius 2 is 2.27 bits per heavy atom. The molecule has 0 N–H and O–H groups in total. The van der Waals surface area contributed by atoms with Crippen molar-refractivity contribution in [1.29, 1.82) is 5.26 Å². The molecule has 11 heavy (non-hydrogen) atoms. The van der Waals surface area contributed by atoms with Crippen LogP contribution in [0.25, 0.3) is 0 Å². The Morgan fingerprint density at radius 1 is 1.73 bits per heavy atom. The molecule has 0 aromatic carbocycles. The molecule has 0 spiro atoms. The summed E-state index contributed by atoms with van der Waals surface area (Å²) in [5.74, 6) is 0.649. The van der Waals surface area contributed by atoms with Crippen LogP contribution in [0.15, 0.2) is 0 Å². The summed E-state index contributed by atoms with van der Waals surface area (Å²) >= 11 is 0. The average Bonchev–Trinajstić information content (AvgIpc) is 2.71. The molecule has 0 aromatic rings. The van der Waals surface area contributed by atoms with Gasteiger partial charge in [-0.15, -0.1) is 0 Å². The van der Waals surface area contributed by atoms with Crippen LogP contribution in [0, 0.1) is 22.7 Å². The van der Waals surface area contributed by atoms with Gasteiger partial charge in [-0.1, -0.05) is 12.8 Å². The number of hydrogen-bond donors (Lipinski definition) is 0. The third-order valence-corrected chi connectivity index (χ3v) is 2.42. The van der Waals surface area contributed by atoms with Crippen LogP contribution in [0.4, 0.5) is 0 Å². The Balaban J connectivity index is 2.59. The van der Waals surface area contributed by atoms with E-state index >= 15 is 0 Å². The molecular weight excluding hydrogens is 138 g/mol. The second kappa shape index (κ2) is 2.65. The highest BCUT2D eigenvalue weighted by atomic mass is 16.1. The maximum atomic E-state index is 11.0. The van der Waals surface area contributed by atoms with Gasteiger partial charge in [-0.25, -0.2) is 0 Å². The number of nitriles is 1. The summed E-state index contributed by atoms with van der Waals surface area (Å²) in [6.45, 7) is 3.25.